The molecule has 90 heavy (non-hydrogen) atoms. The van der Waals surface area contributed by atoms with E-state index < -0.39 is 228 Å². The maximum atomic E-state index is 14.3. The lowest BCUT2D eigenvalue weighted by atomic mass is 9.88. The van der Waals surface area contributed by atoms with Crippen LogP contribution in [-0.4, -0.2) is 347 Å². The molecule has 21 atom stereocenters. The predicted octanol–water partition coefficient (Wildman–Crippen LogP) is -8.47. The fourth-order valence-electron chi connectivity index (χ4n) is 10.4. The number of aliphatic hydroxyl groups excluding tert-OH is 10. The van der Waals surface area contributed by atoms with Gasteiger partial charge in [-0.05, 0) is 43.9 Å². The summed E-state index contributed by atoms with van der Waals surface area (Å²) in [7, 11) is 0. The molecule has 5 rings (SSSR count). The van der Waals surface area contributed by atoms with Crippen molar-refractivity contribution in [2.45, 2.75) is 169 Å². The van der Waals surface area contributed by atoms with E-state index in [1.807, 2.05) is 0 Å². The molecule has 4 aliphatic heterocycles. The number of rotatable bonds is 35. The Bertz CT molecular complexity index is 2490. The molecule has 0 saturated carbocycles. The number of nitrogens with zero attached hydrogens (tertiary/aromatic N) is 3. The number of ether oxygens (including phenoxy) is 9. The highest BCUT2D eigenvalue weighted by molar-refractivity contribution is 5.95. The Morgan fingerprint density at radius 1 is 0.567 bits per heavy atom. The van der Waals surface area contributed by atoms with E-state index >= 15 is 0 Å². The van der Waals surface area contributed by atoms with Crippen molar-refractivity contribution in [2.75, 3.05) is 77.4 Å². The summed E-state index contributed by atoms with van der Waals surface area (Å²) in [5, 5.41) is 161. The molecule has 0 aliphatic carbocycles. The topological polar surface area (TPSA) is 557 Å². The second-order valence-corrected chi connectivity index (χ2v) is 22.3. The zero-order valence-corrected chi connectivity index (χ0v) is 49.1. The van der Waals surface area contributed by atoms with Gasteiger partial charge in [0.2, 0.25) is 6.29 Å². The van der Waals surface area contributed by atoms with Gasteiger partial charge < -0.3 is 130 Å². The van der Waals surface area contributed by atoms with E-state index in [-0.39, 0.29) is 44.8 Å². The SMILES string of the molecule is CC(C)O[C@@H]1C(C(=O)NCCO[C@@H]2OC(CO)[C@@H](O)[C@H](O)C2O)O[C@@H](O[C@@H]2C(OC=O)O[C@@H](O[C@@H]3C(C(=O)Nc4ccc(CC(CN(CCN(CC(=O)O)CC(=O)O)CC(=O)O)N(CC(=O)O)CC(=O)O)cc4)O[C@@H](C(C)C)C(O)[C@H]3O)C(O)[C@H]2O)C(O)[C@H]1O. The first-order valence-corrected chi connectivity index (χ1v) is 28.3. The summed E-state index contributed by atoms with van der Waals surface area (Å²) in [6.45, 7) is -0.248. The van der Waals surface area contributed by atoms with E-state index in [4.69, 9.17) is 42.6 Å². The number of benzene rings is 1. The second kappa shape index (κ2) is 34.7. The van der Waals surface area contributed by atoms with Crippen molar-refractivity contribution in [1.82, 2.24) is 20.0 Å². The molecule has 9 unspecified atom stereocenters. The van der Waals surface area contributed by atoms with Gasteiger partial charge in [-0.15, -0.1) is 0 Å². The number of carboxylic acids is 5. The number of carbonyl (C=O) groups excluding carboxylic acids is 3. The number of anilines is 1. The molecule has 4 heterocycles. The van der Waals surface area contributed by atoms with Crippen LogP contribution >= 0.6 is 0 Å². The first-order chi connectivity index (χ1) is 42.3. The number of hydrogen-bond donors (Lipinski definition) is 17. The van der Waals surface area contributed by atoms with E-state index in [0.717, 1.165) is 9.80 Å². The Balaban J connectivity index is 1.33. The molecule has 37 nitrogen and oxygen atoms in total. The van der Waals surface area contributed by atoms with Crippen LogP contribution in [-0.2, 0) is 87.4 Å². The minimum atomic E-state index is -2.30. The monoisotopic (exact) mass is 1300 g/mol. The van der Waals surface area contributed by atoms with Gasteiger partial charge in [-0.25, -0.2) is 0 Å². The third kappa shape index (κ3) is 20.8. The molecule has 2 amide bonds. The highest BCUT2D eigenvalue weighted by Gasteiger charge is 2.57. The Morgan fingerprint density at radius 3 is 1.62 bits per heavy atom. The molecule has 510 valence electrons. The molecule has 37 heteroatoms. The maximum absolute atomic E-state index is 14.3. The zero-order chi connectivity index (χ0) is 67.0. The summed E-state index contributed by atoms with van der Waals surface area (Å²) in [4.78, 5) is 102. The number of nitrogens with one attached hydrogen (secondary N) is 2. The highest BCUT2D eigenvalue weighted by atomic mass is 16.8. The van der Waals surface area contributed by atoms with Crippen LogP contribution in [0.2, 0.25) is 0 Å². The minimum absolute atomic E-state index is 0.0189. The standard InChI is InChI=1S/C53H81N5O32/c1-22(2)42-35(73)36(74)44(47(86-42)49(81)55-25-7-5-24(6-8-25)13-26(58(18-31(67)68)19-32(69)70)14-56(15-28(61)62)10-11-57(16-29(63)64)17-30(65)66)87-52-41(79)38(76)45(53(90-52)83-21-60)88-51-40(78)37(75)43(84-23(3)4)46(89-51)48(80)54-9-12-82-50-39(77)34(72)33(71)27(20-59)85-50/h5-8,21-23,26-27,33-47,50-53,59,71-79H,9-20H2,1-4H3,(H,54,80)(H,55,81)(H,61,62)(H,63,64)(H,65,66)(H,67,68)(H,69,70)/t26?,27?,33-,34+,35?,36-,37-,38-,39?,40?,41?,42+,43+,44+,45+,46?,47?,50-,51-,52-,53?/m1/s1. The largest absolute Gasteiger partial charge is 0.480 e. The number of aliphatic hydroxyl groups is 10. The van der Waals surface area contributed by atoms with E-state index in [2.05, 4.69) is 10.6 Å². The first-order valence-electron chi connectivity index (χ1n) is 28.3. The maximum Gasteiger partial charge on any atom is 0.317 e. The van der Waals surface area contributed by atoms with E-state index in [9.17, 15) is 115 Å². The molecular formula is C53H81N5O32. The Morgan fingerprint density at radius 2 is 1.08 bits per heavy atom. The van der Waals surface area contributed by atoms with Gasteiger partial charge >= 0.3 is 29.8 Å². The van der Waals surface area contributed by atoms with Gasteiger partial charge in [0, 0.05) is 37.9 Å². The Hall–Kier alpha value is -5.86. The van der Waals surface area contributed by atoms with Gasteiger partial charge in [-0.2, -0.15) is 0 Å². The fraction of sp³-hybridized carbons (Fsp3) is 0.736. The number of carbonyl (C=O) groups is 8. The van der Waals surface area contributed by atoms with E-state index in [1.165, 1.54) is 43.0 Å². The van der Waals surface area contributed by atoms with Crippen LogP contribution in [0, 0.1) is 5.92 Å². The summed E-state index contributed by atoms with van der Waals surface area (Å²) in [6.07, 6.45) is -38.7. The van der Waals surface area contributed by atoms with Crippen LogP contribution in [0.1, 0.15) is 33.3 Å². The molecule has 1 aromatic carbocycles. The van der Waals surface area contributed by atoms with Crippen LogP contribution in [0.25, 0.3) is 0 Å². The normalized spacial score (nSPS) is 32.6. The molecule has 4 fully saturated rings. The summed E-state index contributed by atoms with van der Waals surface area (Å²) < 4.78 is 50.6. The Labute approximate surface area is 512 Å². The quantitative estimate of drug-likeness (QED) is 0.0222. The highest BCUT2D eigenvalue weighted by Crippen LogP contribution is 2.35. The van der Waals surface area contributed by atoms with Gasteiger partial charge in [-0.1, -0.05) is 26.0 Å². The molecule has 0 bridgehead atoms. The van der Waals surface area contributed by atoms with Crippen LogP contribution < -0.4 is 10.6 Å². The third-order valence-corrected chi connectivity index (χ3v) is 14.7. The summed E-state index contributed by atoms with van der Waals surface area (Å²) in [5.74, 6) is -9.70. The molecule has 0 aromatic heterocycles. The first kappa shape index (κ1) is 74.9. The zero-order valence-electron chi connectivity index (χ0n) is 49.1. The lowest BCUT2D eigenvalue weighted by Crippen LogP contribution is -2.68. The van der Waals surface area contributed by atoms with Crippen LogP contribution in [0.5, 0.6) is 0 Å². The minimum Gasteiger partial charge on any atom is -0.480 e. The smallest absolute Gasteiger partial charge is 0.317 e. The van der Waals surface area contributed by atoms with E-state index in [1.54, 1.807) is 13.8 Å². The van der Waals surface area contributed by atoms with Crippen molar-refractivity contribution in [2.24, 2.45) is 5.92 Å². The lowest BCUT2D eigenvalue weighted by Gasteiger charge is -2.48. The van der Waals surface area contributed by atoms with E-state index in [0.29, 0.717) is 5.56 Å². The second-order valence-electron chi connectivity index (χ2n) is 22.3. The van der Waals surface area contributed by atoms with Crippen molar-refractivity contribution >= 4 is 53.8 Å². The molecule has 0 radical (unpaired) electrons. The number of carboxylic acid groups (broad SMARTS) is 5. The van der Waals surface area contributed by atoms with Crippen LogP contribution in [0.15, 0.2) is 24.3 Å². The molecular weight excluding hydrogens is 1220 g/mol. The number of amides is 2. The van der Waals surface area contributed by atoms with Crippen molar-refractivity contribution in [3.63, 3.8) is 0 Å². The lowest BCUT2D eigenvalue weighted by molar-refractivity contribution is -0.392. The van der Waals surface area contributed by atoms with Crippen molar-refractivity contribution in [3.05, 3.63) is 29.8 Å². The average Bonchev–Trinajstić information content (AvgIpc) is 0.831. The summed E-state index contributed by atoms with van der Waals surface area (Å²) in [5.41, 5.74) is 0.384. The summed E-state index contributed by atoms with van der Waals surface area (Å²) in [6, 6.07) is 4.45. The van der Waals surface area contributed by atoms with Crippen LogP contribution in [0.4, 0.5) is 5.69 Å². The average molecular weight is 1300 g/mol. The third-order valence-electron chi connectivity index (χ3n) is 14.7. The van der Waals surface area contributed by atoms with Crippen LogP contribution in [0.3, 0.4) is 0 Å². The summed E-state index contributed by atoms with van der Waals surface area (Å²) >= 11 is 0. The molecule has 4 aliphatic rings. The van der Waals surface area contributed by atoms with Gasteiger partial charge in [-0.3, -0.25) is 53.1 Å². The predicted molar refractivity (Wildman–Crippen MR) is 292 cm³/mol. The molecule has 17 N–H and O–H groups in total. The number of hydrogen-bond acceptors (Lipinski definition) is 30. The van der Waals surface area contributed by atoms with Gasteiger partial charge in [0.1, 0.15) is 73.2 Å². The van der Waals surface area contributed by atoms with Crippen molar-refractivity contribution in [1.29, 1.82) is 0 Å². The van der Waals surface area contributed by atoms with Crippen molar-refractivity contribution < 1.29 is 158 Å². The molecule has 1 aromatic rings. The molecule has 4 saturated heterocycles. The van der Waals surface area contributed by atoms with Crippen molar-refractivity contribution in [3.8, 4) is 0 Å². The fourth-order valence-corrected chi connectivity index (χ4v) is 10.4. The van der Waals surface area contributed by atoms with Gasteiger partial charge in [0.05, 0.1) is 58.1 Å². The Kier molecular flexibility index (Phi) is 28.9. The number of aliphatic carboxylic acids is 5. The van der Waals surface area contributed by atoms with Gasteiger partial charge in [0.15, 0.2) is 37.2 Å². The van der Waals surface area contributed by atoms with Gasteiger partial charge in [0.25, 0.3) is 18.3 Å². The molecule has 0 spiro atoms.